The molecule has 1 aliphatic heterocycles. The maximum Gasteiger partial charge on any atom is 0.308 e. The van der Waals surface area contributed by atoms with Crippen molar-refractivity contribution >= 4 is 11.9 Å². The fourth-order valence-electron chi connectivity index (χ4n) is 3.09. The summed E-state index contributed by atoms with van der Waals surface area (Å²) in [6, 6.07) is 10.8. The number of carbonyl (C=O) groups is 2. The van der Waals surface area contributed by atoms with Crippen molar-refractivity contribution in [3.05, 3.63) is 53.1 Å². The van der Waals surface area contributed by atoms with Gasteiger partial charge in [0.1, 0.15) is 6.54 Å². The highest BCUT2D eigenvalue weighted by molar-refractivity contribution is 5.77. The number of amides is 1. The predicted molar refractivity (Wildman–Crippen MR) is 95.3 cm³/mol. The molecular weight excluding hydrogens is 334 g/mol. The van der Waals surface area contributed by atoms with Crippen molar-refractivity contribution in [2.45, 2.75) is 19.4 Å². The van der Waals surface area contributed by atoms with E-state index in [1.54, 1.807) is 4.90 Å². The maximum atomic E-state index is 12.4. The topological polar surface area (TPSA) is 81.5 Å². The lowest BCUT2D eigenvalue weighted by molar-refractivity contribution is -0.149. The van der Waals surface area contributed by atoms with Gasteiger partial charge >= 0.3 is 5.97 Å². The Morgan fingerprint density at radius 2 is 1.88 bits per heavy atom. The van der Waals surface area contributed by atoms with Gasteiger partial charge in [0.2, 0.25) is 5.91 Å². The SMILES string of the molecule is COC(=O)C1CCN(C(=O)Cn2cnc(-c3ccccc3)cc2=O)CC1. The van der Waals surface area contributed by atoms with Crippen LogP contribution in [0.25, 0.3) is 11.3 Å². The summed E-state index contributed by atoms with van der Waals surface area (Å²) in [5.74, 6) is -0.530. The highest BCUT2D eigenvalue weighted by Crippen LogP contribution is 2.19. The number of rotatable bonds is 4. The van der Waals surface area contributed by atoms with Gasteiger partial charge in [-0.1, -0.05) is 30.3 Å². The van der Waals surface area contributed by atoms with E-state index in [0.717, 1.165) is 5.56 Å². The van der Waals surface area contributed by atoms with E-state index >= 15 is 0 Å². The fourth-order valence-corrected chi connectivity index (χ4v) is 3.09. The van der Waals surface area contributed by atoms with E-state index in [4.69, 9.17) is 4.74 Å². The van der Waals surface area contributed by atoms with Crippen LogP contribution < -0.4 is 5.56 Å². The van der Waals surface area contributed by atoms with Crippen LogP contribution in [0.1, 0.15) is 12.8 Å². The van der Waals surface area contributed by atoms with E-state index < -0.39 is 0 Å². The van der Waals surface area contributed by atoms with Gasteiger partial charge in [0, 0.05) is 24.7 Å². The molecule has 2 heterocycles. The number of hydrogen-bond donors (Lipinski definition) is 0. The summed E-state index contributed by atoms with van der Waals surface area (Å²) in [7, 11) is 1.37. The largest absolute Gasteiger partial charge is 0.469 e. The number of nitrogens with zero attached hydrogens (tertiary/aromatic N) is 3. The van der Waals surface area contributed by atoms with E-state index in [9.17, 15) is 14.4 Å². The quantitative estimate of drug-likeness (QED) is 0.773. The smallest absolute Gasteiger partial charge is 0.308 e. The third kappa shape index (κ3) is 3.99. The second kappa shape index (κ2) is 7.95. The molecule has 1 aromatic carbocycles. The van der Waals surface area contributed by atoms with Gasteiger partial charge < -0.3 is 9.64 Å². The van der Waals surface area contributed by atoms with Gasteiger partial charge in [-0.25, -0.2) is 4.98 Å². The summed E-state index contributed by atoms with van der Waals surface area (Å²) in [5.41, 5.74) is 1.17. The first-order chi connectivity index (χ1) is 12.6. The highest BCUT2D eigenvalue weighted by Gasteiger charge is 2.27. The van der Waals surface area contributed by atoms with Gasteiger partial charge in [-0.15, -0.1) is 0 Å². The molecule has 1 fully saturated rings. The van der Waals surface area contributed by atoms with E-state index in [1.807, 2.05) is 30.3 Å². The standard InChI is InChI=1S/C19H21N3O4/c1-26-19(25)15-7-9-21(10-8-15)18(24)12-22-13-20-16(11-17(22)23)14-5-3-2-4-6-14/h2-6,11,13,15H,7-10,12H2,1H3. The van der Waals surface area contributed by atoms with Crippen molar-refractivity contribution in [3.8, 4) is 11.3 Å². The monoisotopic (exact) mass is 355 g/mol. The number of aromatic nitrogens is 2. The number of carbonyl (C=O) groups excluding carboxylic acids is 2. The molecule has 26 heavy (non-hydrogen) atoms. The second-order valence-electron chi connectivity index (χ2n) is 6.28. The Morgan fingerprint density at radius 3 is 2.50 bits per heavy atom. The summed E-state index contributed by atoms with van der Waals surface area (Å²) in [4.78, 5) is 42.3. The molecule has 1 aliphatic rings. The number of benzene rings is 1. The number of hydrogen-bond acceptors (Lipinski definition) is 5. The molecule has 1 aromatic heterocycles. The Labute approximate surface area is 151 Å². The fraction of sp³-hybridized carbons (Fsp3) is 0.368. The number of ether oxygens (including phenoxy) is 1. The first-order valence-corrected chi connectivity index (χ1v) is 8.56. The molecule has 0 aliphatic carbocycles. The molecule has 1 saturated heterocycles. The minimum absolute atomic E-state index is 0.0518. The van der Waals surface area contributed by atoms with Crippen molar-refractivity contribution in [2.75, 3.05) is 20.2 Å². The number of esters is 1. The lowest BCUT2D eigenvalue weighted by atomic mass is 9.97. The molecule has 0 radical (unpaired) electrons. The summed E-state index contributed by atoms with van der Waals surface area (Å²) < 4.78 is 6.06. The molecular formula is C19H21N3O4. The average Bonchev–Trinajstić information content (AvgIpc) is 2.69. The molecule has 7 heteroatoms. The first-order valence-electron chi connectivity index (χ1n) is 8.56. The molecule has 0 bridgehead atoms. The second-order valence-corrected chi connectivity index (χ2v) is 6.28. The Hall–Kier alpha value is -2.96. The van der Waals surface area contributed by atoms with Crippen LogP contribution in [0.2, 0.25) is 0 Å². The number of methoxy groups -OCH3 is 1. The summed E-state index contributed by atoms with van der Waals surface area (Å²) in [6.45, 7) is 0.926. The van der Waals surface area contributed by atoms with E-state index in [1.165, 1.54) is 24.1 Å². The molecule has 2 aromatic rings. The van der Waals surface area contributed by atoms with Crippen molar-refractivity contribution in [2.24, 2.45) is 5.92 Å². The van der Waals surface area contributed by atoms with Crippen LogP contribution >= 0.6 is 0 Å². The van der Waals surface area contributed by atoms with E-state index in [-0.39, 0.29) is 29.9 Å². The molecule has 0 N–H and O–H groups in total. The highest BCUT2D eigenvalue weighted by atomic mass is 16.5. The molecule has 0 unspecified atom stereocenters. The van der Waals surface area contributed by atoms with Crippen LogP contribution in [-0.4, -0.2) is 46.5 Å². The first kappa shape index (κ1) is 17.8. The van der Waals surface area contributed by atoms with Crippen LogP contribution in [0.5, 0.6) is 0 Å². The zero-order valence-electron chi connectivity index (χ0n) is 14.6. The third-order valence-corrected chi connectivity index (χ3v) is 4.64. The normalized spacial score (nSPS) is 14.9. The Bertz CT molecular complexity index is 839. The van der Waals surface area contributed by atoms with E-state index in [2.05, 4.69) is 4.98 Å². The lowest BCUT2D eigenvalue weighted by Crippen LogP contribution is -2.43. The zero-order valence-corrected chi connectivity index (χ0v) is 14.6. The summed E-state index contributed by atoms with van der Waals surface area (Å²) >= 11 is 0. The number of piperidine rings is 1. The van der Waals surface area contributed by atoms with Gasteiger partial charge in [-0.05, 0) is 12.8 Å². The van der Waals surface area contributed by atoms with Gasteiger partial charge in [-0.3, -0.25) is 19.0 Å². The minimum atomic E-state index is -0.267. The predicted octanol–water partition coefficient (Wildman–Crippen LogP) is 1.32. The van der Waals surface area contributed by atoms with Crippen molar-refractivity contribution in [1.82, 2.24) is 14.5 Å². The molecule has 136 valence electrons. The number of likely N-dealkylation sites (tertiary alicyclic amines) is 1. The Balaban J connectivity index is 1.63. The van der Waals surface area contributed by atoms with Crippen molar-refractivity contribution < 1.29 is 14.3 Å². The van der Waals surface area contributed by atoms with Crippen LogP contribution in [0.15, 0.2) is 47.5 Å². The minimum Gasteiger partial charge on any atom is -0.469 e. The Kier molecular flexibility index (Phi) is 5.46. The average molecular weight is 355 g/mol. The van der Waals surface area contributed by atoms with Gasteiger partial charge in [-0.2, -0.15) is 0 Å². The maximum absolute atomic E-state index is 12.4. The molecule has 0 spiro atoms. The van der Waals surface area contributed by atoms with Crippen LogP contribution in [0.4, 0.5) is 0 Å². The molecule has 7 nitrogen and oxygen atoms in total. The van der Waals surface area contributed by atoms with Crippen LogP contribution in [0, 0.1) is 5.92 Å². The van der Waals surface area contributed by atoms with Crippen LogP contribution in [-0.2, 0) is 20.9 Å². The third-order valence-electron chi connectivity index (χ3n) is 4.64. The summed E-state index contributed by atoms with van der Waals surface area (Å²) in [6.07, 6.45) is 2.57. The molecule has 0 saturated carbocycles. The molecule has 1 amide bonds. The van der Waals surface area contributed by atoms with Crippen LogP contribution in [0.3, 0.4) is 0 Å². The summed E-state index contributed by atoms with van der Waals surface area (Å²) in [5, 5.41) is 0. The Morgan fingerprint density at radius 1 is 1.19 bits per heavy atom. The zero-order chi connectivity index (χ0) is 18.5. The van der Waals surface area contributed by atoms with E-state index in [0.29, 0.717) is 31.6 Å². The van der Waals surface area contributed by atoms with Gasteiger partial charge in [0.15, 0.2) is 0 Å². The van der Waals surface area contributed by atoms with Crippen molar-refractivity contribution in [1.29, 1.82) is 0 Å². The molecule has 0 atom stereocenters. The van der Waals surface area contributed by atoms with Crippen molar-refractivity contribution in [3.63, 3.8) is 0 Å². The molecule has 3 rings (SSSR count). The van der Waals surface area contributed by atoms with Gasteiger partial charge in [0.25, 0.3) is 5.56 Å². The lowest BCUT2D eigenvalue weighted by Gasteiger charge is -2.30. The van der Waals surface area contributed by atoms with Gasteiger partial charge in [0.05, 0.1) is 25.0 Å².